The van der Waals surface area contributed by atoms with E-state index in [0.717, 1.165) is 5.56 Å². The number of hydrogen-bond acceptors (Lipinski definition) is 4. The number of nitrogens with two attached hydrogens (primary N) is 3. The second-order valence-electron chi connectivity index (χ2n) is 4.90. The molecule has 1 atom stereocenters. The lowest BCUT2D eigenvalue weighted by molar-refractivity contribution is -0.118. The Morgan fingerprint density at radius 2 is 1.82 bits per heavy atom. The van der Waals surface area contributed by atoms with Gasteiger partial charge < -0.3 is 17.2 Å². The lowest BCUT2D eigenvalue weighted by atomic mass is 10.1. The van der Waals surface area contributed by atoms with Crippen LogP contribution in [0.15, 0.2) is 34.2 Å². The first-order chi connectivity index (χ1) is 10.2. The molecule has 1 aromatic carbocycles. The summed E-state index contributed by atoms with van der Waals surface area (Å²) in [6.45, 7) is 2.05. The molecule has 0 spiro atoms. The number of nitrogens with zero attached hydrogens (tertiary/aromatic N) is 1. The maximum absolute atomic E-state index is 12.3. The topological polar surface area (TPSA) is 154 Å². The smallest absolute Gasteiger partial charge is 0.240 e. The molecule has 0 bridgehead atoms. The Labute approximate surface area is 129 Å². The molecule has 0 saturated heterocycles. The van der Waals surface area contributed by atoms with Gasteiger partial charge in [0.2, 0.25) is 15.9 Å². The van der Waals surface area contributed by atoms with Crippen molar-refractivity contribution in [1.82, 2.24) is 4.72 Å². The highest BCUT2D eigenvalue weighted by molar-refractivity contribution is 7.89. The fourth-order valence-corrected chi connectivity index (χ4v) is 3.07. The van der Waals surface area contributed by atoms with E-state index in [0.29, 0.717) is 0 Å². The first-order valence-electron chi connectivity index (χ1n) is 6.63. The van der Waals surface area contributed by atoms with Crippen molar-refractivity contribution in [2.75, 3.05) is 6.54 Å². The van der Waals surface area contributed by atoms with Crippen molar-refractivity contribution < 1.29 is 13.2 Å². The standard InChI is InChI=1S/C13H21N5O3S/c1-9-2-4-11(5-3-9)22(20,21)18-10(8-12(14)19)6-7-17-13(15)16/h2-5,10,18H,6-8H2,1H3,(H2,14,19)(H4,15,16,17)/t10-/m1/s1. The number of aryl methyl sites for hydroxylation is 1. The molecule has 9 heteroatoms. The summed E-state index contributed by atoms with van der Waals surface area (Å²) in [6.07, 6.45) is 0.122. The van der Waals surface area contributed by atoms with Gasteiger partial charge in [-0.3, -0.25) is 9.79 Å². The first kappa shape index (κ1) is 17.9. The van der Waals surface area contributed by atoms with Gasteiger partial charge in [0.05, 0.1) is 4.90 Å². The number of sulfonamides is 1. The van der Waals surface area contributed by atoms with Gasteiger partial charge in [-0.15, -0.1) is 0 Å². The Bertz CT molecular complexity index is 636. The minimum absolute atomic E-state index is 0.0979. The van der Waals surface area contributed by atoms with E-state index in [-0.39, 0.29) is 30.2 Å². The molecule has 1 rings (SSSR count). The van der Waals surface area contributed by atoms with Crippen molar-refractivity contribution in [3.05, 3.63) is 29.8 Å². The molecule has 0 heterocycles. The van der Waals surface area contributed by atoms with Crippen LogP contribution in [0.3, 0.4) is 0 Å². The highest BCUT2D eigenvalue weighted by Gasteiger charge is 2.21. The zero-order valence-corrected chi connectivity index (χ0v) is 13.1. The Balaban J connectivity index is 2.84. The van der Waals surface area contributed by atoms with Gasteiger partial charge in [-0.05, 0) is 25.5 Å². The third-order valence-corrected chi connectivity index (χ3v) is 4.41. The number of rotatable bonds is 8. The zero-order chi connectivity index (χ0) is 16.8. The van der Waals surface area contributed by atoms with Crippen molar-refractivity contribution >= 4 is 21.9 Å². The monoisotopic (exact) mass is 327 g/mol. The lowest BCUT2D eigenvalue weighted by Gasteiger charge is -2.16. The van der Waals surface area contributed by atoms with E-state index in [1.54, 1.807) is 12.1 Å². The van der Waals surface area contributed by atoms with E-state index < -0.39 is 22.0 Å². The maximum Gasteiger partial charge on any atom is 0.240 e. The fourth-order valence-electron chi connectivity index (χ4n) is 1.80. The molecule has 0 unspecified atom stereocenters. The van der Waals surface area contributed by atoms with Crippen LogP contribution in [0.5, 0.6) is 0 Å². The van der Waals surface area contributed by atoms with Crippen molar-refractivity contribution in [1.29, 1.82) is 0 Å². The Hall–Kier alpha value is -2.13. The van der Waals surface area contributed by atoms with Gasteiger partial charge in [-0.1, -0.05) is 17.7 Å². The van der Waals surface area contributed by atoms with Crippen LogP contribution in [0.2, 0.25) is 0 Å². The summed E-state index contributed by atoms with van der Waals surface area (Å²) in [4.78, 5) is 15.0. The summed E-state index contributed by atoms with van der Waals surface area (Å²) in [5.41, 5.74) is 16.5. The molecule has 7 N–H and O–H groups in total. The van der Waals surface area contributed by atoms with E-state index in [2.05, 4.69) is 9.71 Å². The number of amides is 1. The summed E-state index contributed by atoms with van der Waals surface area (Å²) in [6, 6.07) is 5.70. The molecule has 0 aliphatic heterocycles. The maximum atomic E-state index is 12.3. The van der Waals surface area contributed by atoms with Crippen molar-refractivity contribution in [3.63, 3.8) is 0 Å². The Morgan fingerprint density at radius 1 is 1.23 bits per heavy atom. The normalized spacial score (nSPS) is 12.6. The third kappa shape index (κ3) is 6.10. The summed E-state index contributed by atoms with van der Waals surface area (Å²) in [5.74, 6) is -0.708. The van der Waals surface area contributed by atoms with E-state index in [9.17, 15) is 13.2 Å². The van der Waals surface area contributed by atoms with Crippen molar-refractivity contribution in [2.45, 2.75) is 30.7 Å². The van der Waals surface area contributed by atoms with Crippen LogP contribution in [-0.2, 0) is 14.8 Å². The third-order valence-electron chi connectivity index (χ3n) is 2.87. The number of guanidine groups is 1. The fraction of sp³-hybridized carbons (Fsp3) is 0.385. The van der Waals surface area contributed by atoms with Crippen molar-refractivity contribution in [3.8, 4) is 0 Å². The van der Waals surface area contributed by atoms with Crippen LogP contribution in [0.25, 0.3) is 0 Å². The molecule has 122 valence electrons. The molecule has 0 aromatic heterocycles. The largest absolute Gasteiger partial charge is 0.370 e. The number of benzene rings is 1. The van der Waals surface area contributed by atoms with Crippen molar-refractivity contribution in [2.24, 2.45) is 22.2 Å². The molecule has 0 radical (unpaired) electrons. The van der Waals surface area contributed by atoms with Gasteiger partial charge >= 0.3 is 0 Å². The van der Waals surface area contributed by atoms with E-state index in [1.165, 1.54) is 12.1 Å². The molecule has 1 amide bonds. The summed E-state index contributed by atoms with van der Waals surface area (Å²) >= 11 is 0. The second-order valence-corrected chi connectivity index (χ2v) is 6.61. The van der Waals surface area contributed by atoms with Crippen LogP contribution < -0.4 is 21.9 Å². The quantitative estimate of drug-likeness (QED) is 0.363. The average Bonchev–Trinajstić information content (AvgIpc) is 2.37. The van der Waals surface area contributed by atoms with Gasteiger partial charge in [0.15, 0.2) is 5.96 Å². The number of hydrogen-bond donors (Lipinski definition) is 4. The van der Waals surface area contributed by atoms with Crippen LogP contribution >= 0.6 is 0 Å². The highest BCUT2D eigenvalue weighted by atomic mass is 32.2. The summed E-state index contributed by atoms with van der Waals surface area (Å²) < 4.78 is 27.0. The molecule has 0 aliphatic rings. The van der Waals surface area contributed by atoms with Gasteiger partial charge in [0, 0.05) is 19.0 Å². The minimum Gasteiger partial charge on any atom is -0.370 e. The predicted octanol–water partition coefficient (Wildman–Crippen LogP) is -0.819. The highest BCUT2D eigenvalue weighted by Crippen LogP contribution is 2.12. The molecular formula is C13H21N5O3S. The first-order valence-corrected chi connectivity index (χ1v) is 8.11. The molecular weight excluding hydrogens is 306 g/mol. The molecule has 0 saturated carbocycles. The van der Waals surface area contributed by atoms with Crippen LogP contribution in [-0.4, -0.2) is 32.9 Å². The molecule has 1 aromatic rings. The summed E-state index contributed by atoms with van der Waals surface area (Å²) in [5, 5.41) is 0. The average molecular weight is 327 g/mol. The Kier molecular flexibility index (Phi) is 6.32. The van der Waals surface area contributed by atoms with E-state index in [1.807, 2.05) is 6.92 Å². The van der Waals surface area contributed by atoms with Gasteiger partial charge in [0.1, 0.15) is 0 Å². The SMILES string of the molecule is Cc1ccc(S(=O)(=O)N[C@H](CCN=C(N)N)CC(N)=O)cc1. The number of carbonyl (C=O) groups excluding carboxylic acids is 1. The number of carbonyl (C=O) groups is 1. The van der Waals surface area contributed by atoms with Crippen LogP contribution in [0.1, 0.15) is 18.4 Å². The number of aliphatic imine (C=N–C) groups is 1. The van der Waals surface area contributed by atoms with Gasteiger partial charge in [-0.2, -0.15) is 0 Å². The van der Waals surface area contributed by atoms with Gasteiger partial charge in [0.25, 0.3) is 0 Å². The summed E-state index contributed by atoms with van der Waals surface area (Å²) in [7, 11) is -3.74. The molecule has 8 nitrogen and oxygen atoms in total. The lowest BCUT2D eigenvalue weighted by Crippen LogP contribution is -2.38. The molecule has 0 fully saturated rings. The number of primary amides is 1. The Morgan fingerprint density at radius 3 is 2.32 bits per heavy atom. The minimum atomic E-state index is -3.74. The molecule has 22 heavy (non-hydrogen) atoms. The zero-order valence-electron chi connectivity index (χ0n) is 12.3. The van der Waals surface area contributed by atoms with E-state index in [4.69, 9.17) is 17.2 Å². The molecule has 0 aliphatic carbocycles. The second kappa shape index (κ2) is 7.76. The van der Waals surface area contributed by atoms with Crippen LogP contribution in [0.4, 0.5) is 0 Å². The van der Waals surface area contributed by atoms with Gasteiger partial charge in [-0.25, -0.2) is 13.1 Å². The van der Waals surface area contributed by atoms with E-state index >= 15 is 0 Å². The van der Waals surface area contributed by atoms with Crippen LogP contribution in [0, 0.1) is 6.92 Å². The number of nitrogens with one attached hydrogen (secondary N) is 1. The predicted molar refractivity (Wildman–Crippen MR) is 84.4 cm³/mol.